The van der Waals surface area contributed by atoms with Gasteiger partial charge in [0.2, 0.25) is 5.88 Å². The number of nitrogens with one attached hydrogen (secondary N) is 1. The minimum atomic E-state index is -0.429. The quantitative estimate of drug-likeness (QED) is 0.773. The lowest BCUT2D eigenvalue weighted by Crippen LogP contribution is -2.14. The number of aromatic nitrogens is 1. The molecule has 0 radical (unpaired) electrons. The lowest BCUT2D eigenvalue weighted by molar-refractivity contribution is 0.102. The summed E-state index contributed by atoms with van der Waals surface area (Å²) < 4.78 is 7.27. The van der Waals surface area contributed by atoms with Gasteiger partial charge < -0.3 is 14.8 Å². The molecule has 6 nitrogen and oxygen atoms in total. The summed E-state index contributed by atoms with van der Waals surface area (Å²) in [4.78, 5) is 12.6. The van der Waals surface area contributed by atoms with E-state index >= 15 is 0 Å². The lowest BCUT2D eigenvalue weighted by atomic mass is 10.1. The predicted molar refractivity (Wildman–Crippen MR) is 87.8 cm³/mol. The fraction of sp³-hybridized carbons (Fsp3) is 0.111. The van der Waals surface area contributed by atoms with E-state index in [2.05, 4.69) is 5.32 Å². The van der Waals surface area contributed by atoms with Crippen LogP contribution < -0.4 is 5.32 Å². The first kappa shape index (κ1) is 15.6. The molecular formula is C18H15N3O3. The van der Waals surface area contributed by atoms with Crippen LogP contribution in [-0.2, 0) is 6.61 Å². The van der Waals surface area contributed by atoms with Gasteiger partial charge in [-0.3, -0.25) is 9.36 Å². The molecule has 2 N–H and O–H groups in total. The molecule has 1 aromatic carbocycles. The van der Waals surface area contributed by atoms with Gasteiger partial charge in [0, 0.05) is 18.1 Å². The number of hydrogen-bond acceptors (Lipinski definition) is 4. The fourth-order valence-electron chi connectivity index (χ4n) is 2.50. The highest BCUT2D eigenvalue weighted by atomic mass is 16.4. The Labute approximate surface area is 138 Å². The van der Waals surface area contributed by atoms with Gasteiger partial charge >= 0.3 is 0 Å². The normalized spacial score (nSPS) is 10.4. The van der Waals surface area contributed by atoms with Gasteiger partial charge in [0.05, 0.1) is 6.61 Å². The highest BCUT2D eigenvalue weighted by Gasteiger charge is 2.24. The van der Waals surface area contributed by atoms with Crippen LogP contribution in [0.15, 0.2) is 53.2 Å². The molecule has 2 heterocycles. The van der Waals surface area contributed by atoms with E-state index in [4.69, 9.17) is 4.42 Å². The summed E-state index contributed by atoms with van der Waals surface area (Å²) in [6.07, 6.45) is 3.48. The van der Waals surface area contributed by atoms with Gasteiger partial charge in [-0.25, -0.2) is 0 Å². The number of rotatable bonds is 4. The van der Waals surface area contributed by atoms with Crippen molar-refractivity contribution in [2.75, 3.05) is 5.32 Å². The van der Waals surface area contributed by atoms with Crippen molar-refractivity contribution in [1.29, 1.82) is 5.26 Å². The van der Waals surface area contributed by atoms with Crippen LogP contribution in [0.3, 0.4) is 0 Å². The van der Waals surface area contributed by atoms with Crippen LogP contribution in [0, 0.1) is 18.3 Å². The van der Waals surface area contributed by atoms with E-state index < -0.39 is 5.91 Å². The highest BCUT2D eigenvalue weighted by Crippen LogP contribution is 2.26. The molecule has 2 aromatic heterocycles. The summed E-state index contributed by atoms with van der Waals surface area (Å²) in [6.45, 7) is 1.53. The number of benzene rings is 1. The van der Waals surface area contributed by atoms with Crippen molar-refractivity contribution in [2.45, 2.75) is 13.5 Å². The first-order valence-corrected chi connectivity index (χ1v) is 7.32. The number of anilines is 1. The molecule has 3 aromatic rings. The molecule has 0 fully saturated rings. The molecule has 0 saturated carbocycles. The van der Waals surface area contributed by atoms with Crippen LogP contribution in [0.1, 0.15) is 27.2 Å². The van der Waals surface area contributed by atoms with Crippen LogP contribution in [0.2, 0.25) is 0 Å². The summed E-state index contributed by atoms with van der Waals surface area (Å²) in [5.41, 5.74) is 1.61. The minimum Gasteiger partial charge on any atom is -0.443 e. The summed E-state index contributed by atoms with van der Waals surface area (Å²) in [7, 11) is 0. The van der Waals surface area contributed by atoms with Crippen LogP contribution >= 0.6 is 0 Å². The second-order valence-corrected chi connectivity index (χ2v) is 5.23. The van der Waals surface area contributed by atoms with Gasteiger partial charge in [-0.2, -0.15) is 5.26 Å². The zero-order chi connectivity index (χ0) is 17.1. The first-order valence-electron chi connectivity index (χ1n) is 7.32. The number of aliphatic hydroxyl groups excluding tert-OH is 1. The standard InChI is InChI=1S/C18H15N3O3/c1-12-16(15(10-19)18(24-12)21-7-2-3-8-21)17(23)20-14-6-4-5-13(9-14)11-22/h2-9,22H,11H2,1H3,(H,20,23). The Hall–Kier alpha value is -3.30. The maximum Gasteiger partial charge on any atom is 0.260 e. The third-order valence-corrected chi connectivity index (χ3v) is 3.61. The van der Waals surface area contributed by atoms with Crippen LogP contribution in [0.5, 0.6) is 0 Å². The molecule has 0 aliphatic rings. The Morgan fingerprint density at radius 2 is 2.08 bits per heavy atom. The predicted octanol–water partition coefficient (Wildman–Crippen LogP) is 3.00. The molecule has 1 amide bonds. The van der Waals surface area contributed by atoms with Crippen molar-refractivity contribution < 1.29 is 14.3 Å². The molecule has 0 atom stereocenters. The van der Waals surface area contributed by atoms with Crippen molar-refractivity contribution in [3.05, 3.63) is 71.2 Å². The second-order valence-electron chi connectivity index (χ2n) is 5.23. The molecule has 3 rings (SSSR count). The number of aryl methyl sites for hydroxylation is 1. The SMILES string of the molecule is Cc1oc(-n2cccc2)c(C#N)c1C(=O)Nc1cccc(CO)c1. The number of carbonyl (C=O) groups excluding carboxylic acids is 1. The monoisotopic (exact) mass is 321 g/mol. The Balaban J connectivity index is 1.97. The third kappa shape index (κ3) is 2.81. The fourth-order valence-corrected chi connectivity index (χ4v) is 2.50. The number of nitriles is 1. The number of carbonyl (C=O) groups is 1. The van der Waals surface area contributed by atoms with Crippen LogP contribution in [0.4, 0.5) is 5.69 Å². The molecular weight excluding hydrogens is 306 g/mol. The molecule has 6 heteroatoms. The zero-order valence-corrected chi connectivity index (χ0v) is 13.0. The molecule has 0 saturated heterocycles. The number of hydrogen-bond donors (Lipinski definition) is 2. The van der Waals surface area contributed by atoms with Crippen LogP contribution in [-0.4, -0.2) is 15.6 Å². The van der Waals surface area contributed by atoms with E-state index in [0.717, 1.165) is 0 Å². The Bertz CT molecular complexity index is 918. The van der Waals surface area contributed by atoms with E-state index in [1.54, 1.807) is 60.3 Å². The van der Waals surface area contributed by atoms with E-state index in [1.165, 1.54) is 0 Å². The van der Waals surface area contributed by atoms with Crippen molar-refractivity contribution >= 4 is 11.6 Å². The van der Waals surface area contributed by atoms with Crippen LogP contribution in [0.25, 0.3) is 5.88 Å². The van der Waals surface area contributed by atoms with Gasteiger partial charge in [-0.1, -0.05) is 12.1 Å². The Morgan fingerprint density at radius 3 is 2.75 bits per heavy atom. The van der Waals surface area contributed by atoms with Gasteiger partial charge in [-0.15, -0.1) is 0 Å². The van der Waals surface area contributed by atoms with Gasteiger partial charge in [0.15, 0.2) is 0 Å². The molecule has 24 heavy (non-hydrogen) atoms. The Kier molecular flexibility index (Phi) is 4.18. The zero-order valence-electron chi connectivity index (χ0n) is 13.0. The molecule has 120 valence electrons. The number of amides is 1. The van der Waals surface area contributed by atoms with E-state index in [1.807, 2.05) is 6.07 Å². The lowest BCUT2D eigenvalue weighted by Gasteiger charge is -2.06. The van der Waals surface area contributed by atoms with Crippen molar-refractivity contribution in [3.63, 3.8) is 0 Å². The van der Waals surface area contributed by atoms with Crippen molar-refractivity contribution in [1.82, 2.24) is 4.57 Å². The largest absolute Gasteiger partial charge is 0.443 e. The first-order chi connectivity index (χ1) is 11.6. The number of aliphatic hydroxyl groups is 1. The molecule has 0 bridgehead atoms. The molecule has 0 spiro atoms. The average molecular weight is 321 g/mol. The van der Waals surface area contributed by atoms with Crippen molar-refractivity contribution in [2.24, 2.45) is 0 Å². The summed E-state index contributed by atoms with van der Waals surface area (Å²) in [6, 6.07) is 12.5. The number of nitrogens with zero attached hydrogens (tertiary/aromatic N) is 2. The molecule has 0 unspecified atom stereocenters. The smallest absolute Gasteiger partial charge is 0.260 e. The Morgan fingerprint density at radius 1 is 1.33 bits per heavy atom. The molecule has 0 aliphatic carbocycles. The topological polar surface area (TPSA) is 91.2 Å². The van der Waals surface area contributed by atoms with Gasteiger partial charge in [0.1, 0.15) is 23.0 Å². The highest BCUT2D eigenvalue weighted by molar-refractivity contribution is 6.07. The molecule has 0 aliphatic heterocycles. The minimum absolute atomic E-state index is 0.115. The van der Waals surface area contributed by atoms with Crippen molar-refractivity contribution in [3.8, 4) is 12.0 Å². The maximum atomic E-state index is 12.6. The summed E-state index contributed by atoms with van der Waals surface area (Å²) in [5, 5.41) is 21.4. The van der Waals surface area contributed by atoms with E-state index in [9.17, 15) is 15.2 Å². The maximum absolute atomic E-state index is 12.6. The van der Waals surface area contributed by atoms with E-state index in [-0.39, 0.29) is 17.7 Å². The average Bonchev–Trinajstić information content (AvgIpc) is 3.21. The third-order valence-electron chi connectivity index (χ3n) is 3.61. The number of furan rings is 1. The van der Waals surface area contributed by atoms with E-state index in [0.29, 0.717) is 22.9 Å². The van der Waals surface area contributed by atoms with Gasteiger partial charge in [0.25, 0.3) is 5.91 Å². The second kappa shape index (κ2) is 6.44. The summed E-state index contributed by atoms with van der Waals surface area (Å²) >= 11 is 0. The summed E-state index contributed by atoms with van der Waals surface area (Å²) in [5.74, 6) is 0.251. The van der Waals surface area contributed by atoms with Gasteiger partial charge in [-0.05, 0) is 36.8 Å².